The van der Waals surface area contributed by atoms with Gasteiger partial charge in [0.15, 0.2) is 25.5 Å². The van der Waals surface area contributed by atoms with Crippen LogP contribution in [0, 0.1) is 18.2 Å². The van der Waals surface area contributed by atoms with Gasteiger partial charge in [-0.05, 0) is 24.3 Å². The summed E-state index contributed by atoms with van der Waals surface area (Å²) in [5, 5.41) is 0. The van der Waals surface area contributed by atoms with Gasteiger partial charge in [0.1, 0.15) is 11.6 Å². The Morgan fingerprint density at radius 1 is 0.767 bits per heavy atom. The Bertz CT molecular complexity index is 1300. The van der Waals surface area contributed by atoms with Crippen LogP contribution in [0.3, 0.4) is 0 Å². The molecule has 2 aromatic heterocycles. The van der Waals surface area contributed by atoms with E-state index in [9.17, 15) is 8.78 Å². The smallest absolute Gasteiger partial charge is 0.232 e. The lowest BCUT2D eigenvalue weighted by Gasteiger charge is -2.00. The highest BCUT2D eigenvalue weighted by Crippen LogP contribution is 2.36. The van der Waals surface area contributed by atoms with Gasteiger partial charge in [-0.2, -0.15) is 9.13 Å². The molecule has 5 heteroatoms. The van der Waals surface area contributed by atoms with E-state index in [4.69, 9.17) is 6.57 Å². The molecule has 0 aliphatic carbocycles. The van der Waals surface area contributed by atoms with Crippen LogP contribution in [0.1, 0.15) is 11.1 Å². The first-order valence-corrected chi connectivity index (χ1v) is 9.61. The van der Waals surface area contributed by atoms with Crippen LogP contribution in [-0.2, 0) is 13.1 Å². The lowest BCUT2D eigenvalue weighted by Crippen LogP contribution is -2.31. The molecule has 0 amide bonds. The van der Waals surface area contributed by atoms with E-state index in [-0.39, 0.29) is 0 Å². The first-order chi connectivity index (χ1) is 14.7. The van der Waals surface area contributed by atoms with Crippen molar-refractivity contribution in [3.05, 3.63) is 113 Å². The Labute approximate surface area is 172 Å². The van der Waals surface area contributed by atoms with Crippen LogP contribution in [0.2, 0.25) is 0 Å². The summed E-state index contributed by atoms with van der Waals surface area (Å²) < 4.78 is 31.6. The van der Waals surface area contributed by atoms with Gasteiger partial charge >= 0.3 is 0 Å². The second kappa shape index (κ2) is 7.16. The Morgan fingerprint density at radius 3 is 2.17 bits per heavy atom. The number of halogens is 2. The zero-order chi connectivity index (χ0) is 20.7. The predicted octanol–water partition coefficient (Wildman–Crippen LogP) is 4.83. The third-order valence-electron chi connectivity index (χ3n) is 5.50. The summed E-state index contributed by atoms with van der Waals surface area (Å²) in [7, 11) is 0. The van der Waals surface area contributed by atoms with Gasteiger partial charge in [-0.15, -0.1) is 0 Å². The SMILES string of the molecule is [C-]#[N+]c1c(F)cc2c(c1F)-c1cccc[n+]1C2.c1ccc2c(c1)C[n+]1ccccc1-2. The summed E-state index contributed by atoms with van der Waals surface area (Å²) in [5.74, 6) is -1.54. The molecule has 2 aliphatic heterocycles. The Balaban J connectivity index is 0.000000133. The molecule has 4 aromatic rings. The van der Waals surface area contributed by atoms with Gasteiger partial charge in [0.25, 0.3) is 5.69 Å². The molecule has 30 heavy (non-hydrogen) atoms. The van der Waals surface area contributed by atoms with Crippen molar-refractivity contribution in [3.8, 4) is 22.5 Å². The molecular formula is C25H17F2N3+2. The third kappa shape index (κ3) is 2.85. The van der Waals surface area contributed by atoms with E-state index in [1.165, 1.54) is 22.9 Å². The third-order valence-corrected chi connectivity index (χ3v) is 5.50. The van der Waals surface area contributed by atoms with Crippen LogP contribution in [0.5, 0.6) is 0 Å². The maximum atomic E-state index is 14.0. The first kappa shape index (κ1) is 18.1. The van der Waals surface area contributed by atoms with Crippen molar-refractivity contribution >= 4 is 5.69 Å². The molecule has 6 rings (SSSR count). The van der Waals surface area contributed by atoms with Crippen molar-refractivity contribution in [3.63, 3.8) is 0 Å². The monoisotopic (exact) mass is 397 g/mol. The van der Waals surface area contributed by atoms with Gasteiger partial charge in [0.05, 0.1) is 17.7 Å². The number of hydrogen-bond acceptors (Lipinski definition) is 0. The van der Waals surface area contributed by atoms with Gasteiger partial charge in [0, 0.05) is 35.4 Å². The lowest BCUT2D eigenvalue weighted by atomic mass is 10.1. The standard InChI is InChI=1S/C13H7F2N2.C12H10N/c1-16-13-9(14)6-8-7-17-5-3-2-4-10(17)11(8)12(13)15;1-2-6-11-10(5-1)9-13-8-4-3-7-12(11)13/h2-6H,7H2;1-8H,9H2/q2*+1. The summed E-state index contributed by atoms with van der Waals surface area (Å²) in [6.45, 7) is 8.27. The van der Waals surface area contributed by atoms with Crippen molar-refractivity contribution in [1.82, 2.24) is 0 Å². The van der Waals surface area contributed by atoms with E-state index >= 15 is 0 Å². The quantitative estimate of drug-likeness (QED) is 0.257. The van der Waals surface area contributed by atoms with Crippen LogP contribution in [0.4, 0.5) is 14.5 Å². The fourth-order valence-corrected chi connectivity index (χ4v) is 4.14. The normalized spacial score (nSPS) is 12.0. The molecule has 0 saturated carbocycles. The molecule has 0 unspecified atom stereocenters. The molecule has 2 aliphatic rings. The molecule has 0 atom stereocenters. The number of aromatic nitrogens is 2. The van der Waals surface area contributed by atoms with Crippen molar-refractivity contribution in [2.24, 2.45) is 0 Å². The summed E-state index contributed by atoms with van der Waals surface area (Å²) in [4.78, 5) is 2.91. The van der Waals surface area contributed by atoms with Crippen LogP contribution in [0.25, 0.3) is 27.4 Å². The van der Waals surface area contributed by atoms with Crippen molar-refractivity contribution in [2.45, 2.75) is 13.1 Å². The van der Waals surface area contributed by atoms with Gasteiger partial charge < -0.3 is 0 Å². The summed E-state index contributed by atoms with van der Waals surface area (Å²) >= 11 is 0. The second-order valence-corrected chi connectivity index (χ2v) is 7.25. The number of hydrogen-bond donors (Lipinski definition) is 0. The summed E-state index contributed by atoms with van der Waals surface area (Å²) in [6, 6.07) is 21.6. The van der Waals surface area contributed by atoms with Crippen LogP contribution in [-0.4, -0.2) is 0 Å². The van der Waals surface area contributed by atoms with Gasteiger partial charge in [0.2, 0.25) is 11.4 Å². The molecule has 0 radical (unpaired) electrons. The largest absolute Gasteiger partial charge is 0.257 e. The molecular weight excluding hydrogens is 380 g/mol. The van der Waals surface area contributed by atoms with E-state index in [1.807, 2.05) is 16.8 Å². The molecule has 0 spiro atoms. The topological polar surface area (TPSA) is 12.1 Å². The zero-order valence-electron chi connectivity index (χ0n) is 16.0. The van der Waals surface area contributed by atoms with Crippen molar-refractivity contribution in [2.75, 3.05) is 0 Å². The van der Waals surface area contributed by atoms with E-state index in [0.717, 1.165) is 6.54 Å². The van der Waals surface area contributed by atoms with Gasteiger partial charge in [-0.25, -0.2) is 13.6 Å². The Morgan fingerprint density at radius 2 is 1.40 bits per heavy atom. The predicted molar refractivity (Wildman–Crippen MR) is 109 cm³/mol. The molecule has 4 heterocycles. The molecule has 0 fully saturated rings. The van der Waals surface area contributed by atoms with Gasteiger partial charge in [-0.3, -0.25) is 0 Å². The Kier molecular flexibility index (Phi) is 4.33. The van der Waals surface area contributed by atoms with Crippen LogP contribution < -0.4 is 9.13 Å². The Hall–Kier alpha value is -3.91. The average Bonchev–Trinajstić information content (AvgIpc) is 3.32. The zero-order valence-corrected chi connectivity index (χ0v) is 16.0. The van der Waals surface area contributed by atoms with Crippen molar-refractivity contribution in [1.29, 1.82) is 0 Å². The lowest BCUT2D eigenvalue weighted by molar-refractivity contribution is -0.672. The van der Waals surface area contributed by atoms with Crippen molar-refractivity contribution < 1.29 is 17.9 Å². The highest BCUT2D eigenvalue weighted by molar-refractivity contribution is 5.70. The molecule has 0 N–H and O–H groups in total. The maximum Gasteiger partial charge on any atom is 0.257 e. The highest BCUT2D eigenvalue weighted by atomic mass is 19.1. The second-order valence-electron chi connectivity index (χ2n) is 7.25. The molecule has 144 valence electrons. The van der Waals surface area contributed by atoms with E-state index in [2.05, 4.69) is 58.1 Å². The molecule has 3 nitrogen and oxygen atoms in total. The fraction of sp³-hybridized carbons (Fsp3) is 0.0800. The number of fused-ring (bicyclic) bond motifs is 6. The summed E-state index contributed by atoms with van der Waals surface area (Å²) in [5.41, 5.74) is 5.22. The number of pyridine rings is 2. The van der Waals surface area contributed by atoms with Gasteiger partial charge in [-0.1, -0.05) is 18.2 Å². The fourth-order valence-electron chi connectivity index (χ4n) is 4.14. The maximum absolute atomic E-state index is 14.0. The number of nitrogens with zero attached hydrogens (tertiary/aromatic N) is 3. The minimum Gasteiger partial charge on any atom is -0.232 e. The highest BCUT2D eigenvalue weighted by Gasteiger charge is 2.32. The number of rotatable bonds is 0. The minimum atomic E-state index is -0.787. The van der Waals surface area contributed by atoms with E-state index < -0.39 is 17.3 Å². The van der Waals surface area contributed by atoms with Crippen LogP contribution >= 0.6 is 0 Å². The molecule has 0 bridgehead atoms. The van der Waals surface area contributed by atoms with E-state index in [0.29, 0.717) is 23.4 Å². The molecule has 0 saturated heterocycles. The average molecular weight is 397 g/mol. The first-order valence-electron chi connectivity index (χ1n) is 9.61. The minimum absolute atomic E-state index is 0.345. The summed E-state index contributed by atoms with van der Waals surface area (Å²) in [6.07, 6.45) is 3.94. The van der Waals surface area contributed by atoms with Crippen LogP contribution in [0.15, 0.2) is 79.1 Å². The van der Waals surface area contributed by atoms with E-state index in [1.54, 1.807) is 12.1 Å². The molecule has 2 aromatic carbocycles. The number of benzene rings is 2.